The van der Waals surface area contributed by atoms with Crippen molar-refractivity contribution >= 4 is 17.5 Å². The number of hydrogen-bond donors (Lipinski definition) is 1. The van der Waals surface area contributed by atoms with Crippen molar-refractivity contribution in [2.24, 2.45) is 0 Å². The topological polar surface area (TPSA) is 32.3 Å². The fraction of sp³-hybridized carbons (Fsp3) is 0.409. The number of benzene rings is 2. The molecule has 0 aliphatic carbocycles. The van der Waals surface area contributed by atoms with Crippen molar-refractivity contribution in [1.29, 1.82) is 0 Å². The van der Waals surface area contributed by atoms with Gasteiger partial charge in [0.1, 0.15) is 0 Å². The van der Waals surface area contributed by atoms with Crippen LogP contribution >= 0.6 is 11.6 Å². The van der Waals surface area contributed by atoms with Gasteiger partial charge in [0, 0.05) is 36.1 Å². The molecule has 10 heteroatoms. The van der Waals surface area contributed by atoms with Gasteiger partial charge in [0.15, 0.2) is 0 Å². The molecule has 0 radical (unpaired) electrons. The van der Waals surface area contributed by atoms with Crippen molar-refractivity contribution in [3.8, 4) is 0 Å². The second-order valence-electron chi connectivity index (χ2n) is 7.89. The van der Waals surface area contributed by atoms with E-state index >= 15 is 0 Å². The molecule has 0 saturated carbocycles. The number of rotatable bonds is 3. The molecule has 174 valence electrons. The summed E-state index contributed by atoms with van der Waals surface area (Å²) in [5.41, 5.74) is -2.00. The molecule has 32 heavy (non-hydrogen) atoms. The molecule has 0 aromatic heterocycles. The molecular weight excluding hydrogens is 458 g/mol. The highest BCUT2D eigenvalue weighted by atomic mass is 35.5. The van der Waals surface area contributed by atoms with Crippen molar-refractivity contribution in [2.75, 3.05) is 20.1 Å². The molecule has 2 atom stereocenters. The monoisotopic (exact) mass is 478 g/mol. The van der Waals surface area contributed by atoms with Crippen LogP contribution in [0.4, 0.5) is 26.3 Å². The third kappa shape index (κ3) is 5.20. The van der Waals surface area contributed by atoms with Gasteiger partial charge in [-0.1, -0.05) is 23.7 Å². The lowest BCUT2D eigenvalue weighted by Crippen LogP contribution is -2.49. The first kappa shape index (κ1) is 24.4. The number of halogens is 7. The number of hydrogen-bond acceptors (Lipinski definition) is 2. The van der Waals surface area contributed by atoms with Crippen LogP contribution in [0, 0.1) is 6.92 Å². The van der Waals surface area contributed by atoms with E-state index in [4.69, 9.17) is 11.6 Å². The van der Waals surface area contributed by atoms with Gasteiger partial charge in [0.2, 0.25) is 0 Å². The van der Waals surface area contributed by atoms with Gasteiger partial charge in [0.05, 0.1) is 11.1 Å². The molecule has 1 N–H and O–H groups in total. The van der Waals surface area contributed by atoms with E-state index in [9.17, 15) is 31.1 Å². The van der Waals surface area contributed by atoms with Gasteiger partial charge in [-0.3, -0.25) is 4.79 Å². The van der Waals surface area contributed by atoms with Gasteiger partial charge in [-0.25, -0.2) is 0 Å². The Morgan fingerprint density at radius 2 is 1.62 bits per heavy atom. The number of amides is 1. The maximum atomic E-state index is 13.2. The second kappa shape index (κ2) is 8.94. The molecule has 2 aromatic carbocycles. The van der Waals surface area contributed by atoms with E-state index in [1.54, 1.807) is 6.07 Å². The maximum Gasteiger partial charge on any atom is 0.416 e. The molecule has 1 aliphatic heterocycles. The summed E-state index contributed by atoms with van der Waals surface area (Å²) in [6.07, 6.45) is -9.57. The zero-order valence-corrected chi connectivity index (χ0v) is 18.0. The van der Waals surface area contributed by atoms with Gasteiger partial charge >= 0.3 is 12.4 Å². The van der Waals surface area contributed by atoms with Crippen molar-refractivity contribution in [3.05, 3.63) is 69.2 Å². The average Bonchev–Trinajstić information content (AvgIpc) is 2.73. The van der Waals surface area contributed by atoms with E-state index < -0.39 is 41.0 Å². The maximum absolute atomic E-state index is 13.2. The fourth-order valence-corrected chi connectivity index (χ4v) is 4.11. The van der Waals surface area contributed by atoms with Crippen LogP contribution in [0.3, 0.4) is 0 Å². The quantitative estimate of drug-likeness (QED) is 0.557. The molecule has 1 aliphatic rings. The summed E-state index contributed by atoms with van der Waals surface area (Å²) in [5.74, 6) is -1.14. The van der Waals surface area contributed by atoms with Crippen LogP contribution in [0.15, 0.2) is 36.4 Å². The largest absolute Gasteiger partial charge is 0.416 e. The Hall–Kier alpha value is -2.26. The number of aryl methyl sites for hydroxylation is 1. The van der Waals surface area contributed by atoms with E-state index in [1.807, 2.05) is 19.1 Å². The predicted octanol–water partition coefficient (Wildman–Crippen LogP) is 5.90. The number of piperidine rings is 1. The first-order valence-corrected chi connectivity index (χ1v) is 10.2. The van der Waals surface area contributed by atoms with Crippen molar-refractivity contribution in [1.82, 2.24) is 10.2 Å². The van der Waals surface area contributed by atoms with Crippen LogP contribution in [-0.2, 0) is 12.4 Å². The molecule has 0 spiro atoms. The summed E-state index contributed by atoms with van der Waals surface area (Å²) >= 11 is 6.23. The highest BCUT2D eigenvalue weighted by Gasteiger charge is 2.39. The minimum Gasteiger partial charge on any atom is -0.338 e. The average molecular weight is 479 g/mol. The van der Waals surface area contributed by atoms with Crippen LogP contribution in [0.1, 0.15) is 45.0 Å². The summed E-state index contributed by atoms with van der Waals surface area (Å²) in [4.78, 5) is 14.3. The molecule has 0 bridgehead atoms. The molecule has 2 aromatic rings. The lowest BCUT2D eigenvalue weighted by Gasteiger charge is -2.39. The number of nitrogens with zero attached hydrogens (tertiary/aromatic N) is 1. The SMILES string of the molecule is Cc1ccc(C2CNCCC2N(C)C(=O)c2cc(C(F)(F)F)cc(C(F)(F)F)c2)cc1Cl. The van der Waals surface area contributed by atoms with E-state index in [0.717, 1.165) is 11.1 Å². The fourth-order valence-electron chi connectivity index (χ4n) is 3.92. The zero-order chi connectivity index (χ0) is 23.8. The number of likely N-dealkylation sites (N-methyl/N-ethyl adjacent to an activating group) is 1. The van der Waals surface area contributed by atoms with Crippen molar-refractivity contribution < 1.29 is 31.1 Å². The van der Waals surface area contributed by atoms with Gasteiger partial charge in [-0.15, -0.1) is 0 Å². The number of carbonyl (C=O) groups is 1. The number of nitrogens with one attached hydrogen (secondary N) is 1. The Kier molecular flexibility index (Phi) is 6.81. The number of carbonyl (C=O) groups excluding carboxylic acids is 1. The van der Waals surface area contributed by atoms with Gasteiger partial charge in [0.25, 0.3) is 5.91 Å². The van der Waals surface area contributed by atoms with E-state index in [1.165, 1.54) is 11.9 Å². The summed E-state index contributed by atoms with van der Waals surface area (Å²) in [6.45, 7) is 2.87. The van der Waals surface area contributed by atoms with Crippen LogP contribution in [0.2, 0.25) is 5.02 Å². The summed E-state index contributed by atoms with van der Waals surface area (Å²) in [6, 6.07) is 5.96. The minimum absolute atomic E-state index is 0.0123. The first-order chi connectivity index (χ1) is 14.8. The molecular formula is C22H21ClF6N2O. The Labute approximate surface area is 186 Å². The van der Waals surface area contributed by atoms with Crippen molar-refractivity contribution in [2.45, 2.75) is 37.7 Å². The standard InChI is InChI=1S/C22H21ClF6N2O/c1-12-3-4-13(9-18(12)23)17-11-30-6-5-19(17)31(2)20(32)14-7-15(21(24,25)26)10-16(8-14)22(27,28)29/h3-4,7-10,17,19,30H,5-6,11H2,1-2H3. The Morgan fingerprint density at radius 1 is 1.03 bits per heavy atom. The Balaban J connectivity index is 1.97. The molecule has 1 heterocycles. The molecule has 3 nitrogen and oxygen atoms in total. The third-order valence-electron chi connectivity index (χ3n) is 5.72. The van der Waals surface area contributed by atoms with E-state index in [0.29, 0.717) is 36.7 Å². The van der Waals surface area contributed by atoms with Crippen LogP contribution in [0.5, 0.6) is 0 Å². The number of alkyl halides is 6. The lowest BCUT2D eigenvalue weighted by molar-refractivity contribution is -0.143. The Bertz CT molecular complexity index is 973. The normalized spacial score (nSPS) is 19.7. The molecule has 1 fully saturated rings. The molecule has 1 saturated heterocycles. The smallest absolute Gasteiger partial charge is 0.338 e. The van der Waals surface area contributed by atoms with Gasteiger partial charge in [-0.2, -0.15) is 26.3 Å². The molecule has 3 rings (SSSR count). The second-order valence-corrected chi connectivity index (χ2v) is 8.29. The summed E-state index contributed by atoms with van der Waals surface area (Å²) in [7, 11) is 1.40. The first-order valence-electron chi connectivity index (χ1n) is 9.82. The van der Waals surface area contributed by atoms with E-state index in [2.05, 4.69) is 5.32 Å². The van der Waals surface area contributed by atoms with Crippen molar-refractivity contribution in [3.63, 3.8) is 0 Å². The van der Waals surface area contributed by atoms with Crippen LogP contribution in [-0.4, -0.2) is 37.0 Å². The lowest BCUT2D eigenvalue weighted by atomic mass is 9.85. The Morgan fingerprint density at radius 3 is 2.16 bits per heavy atom. The molecule has 2 unspecified atom stereocenters. The summed E-state index contributed by atoms with van der Waals surface area (Å²) < 4.78 is 79.2. The highest BCUT2D eigenvalue weighted by Crippen LogP contribution is 2.37. The van der Waals surface area contributed by atoms with Gasteiger partial charge < -0.3 is 10.2 Å². The summed E-state index contributed by atoms with van der Waals surface area (Å²) in [5, 5.41) is 3.75. The van der Waals surface area contributed by atoms with E-state index in [-0.39, 0.29) is 12.0 Å². The van der Waals surface area contributed by atoms with Crippen LogP contribution < -0.4 is 5.32 Å². The minimum atomic E-state index is -5.02. The zero-order valence-electron chi connectivity index (χ0n) is 17.2. The predicted molar refractivity (Wildman–Crippen MR) is 109 cm³/mol. The van der Waals surface area contributed by atoms with Crippen LogP contribution in [0.25, 0.3) is 0 Å². The highest BCUT2D eigenvalue weighted by molar-refractivity contribution is 6.31. The van der Waals surface area contributed by atoms with Gasteiger partial charge in [-0.05, 0) is 55.3 Å². The third-order valence-corrected chi connectivity index (χ3v) is 6.13. The molecule has 1 amide bonds.